The van der Waals surface area contributed by atoms with E-state index in [9.17, 15) is 13.2 Å². The molecular formula is C35H45F5. The zero-order valence-corrected chi connectivity index (χ0v) is 24.0. The summed E-state index contributed by atoms with van der Waals surface area (Å²) in [5, 5.41) is 0. The molecule has 40 heavy (non-hydrogen) atoms. The van der Waals surface area contributed by atoms with E-state index < -0.39 is 17.5 Å². The first kappa shape index (κ1) is 29.6. The Morgan fingerprint density at radius 1 is 0.525 bits per heavy atom. The summed E-state index contributed by atoms with van der Waals surface area (Å²) >= 11 is 0. The maximum absolute atomic E-state index is 15.4. The van der Waals surface area contributed by atoms with Crippen molar-refractivity contribution >= 4 is 0 Å². The molecule has 2 aromatic carbocycles. The minimum Gasteiger partial charge on any atom is -0.207 e. The SMILES string of the molecule is CCCCCC1CCC(c2cc(F)c(C3CCC(C4CCC(c5cc(F)c(F)c(F)c5)CC4)CC3)c(F)c2)CC1. The molecule has 0 N–H and O–H groups in total. The monoisotopic (exact) mass is 560 g/mol. The lowest BCUT2D eigenvalue weighted by atomic mass is 9.67. The third-order valence-corrected chi connectivity index (χ3v) is 10.7. The third kappa shape index (κ3) is 6.76. The van der Waals surface area contributed by atoms with E-state index in [2.05, 4.69) is 6.92 Å². The number of benzene rings is 2. The average molecular weight is 561 g/mol. The van der Waals surface area contributed by atoms with Crippen molar-refractivity contribution < 1.29 is 22.0 Å². The van der Waals surface area contributed by atoms with E-state index in [1.807, 2.05) is 0 Å². The normalized spacial score (nSPS) is 29.4. The van der Waals surface area contributed by atoms with Crippen LogP contribution in [-0.2, 0) is 0 Å². The molecule has 3 saturated carbocycles. The summed E-state index contributed by atoms with van der Waals surface area (Å²) in [5.74, 6) is -2.27. The zero-order valence-electron chi connectivity index (χ0n) is 24.0. The van der Waals surface area contributed by atoms with Gasteiger partial charge in [-0.3, -0.25) is 0 Å². The topological polar surface area (TPSA) is 0 Å². The average Bonchev–Trinajstić information content (AvgIpc) is 2.96. The molecule has 0 radical (unpaired) electrons. The first-order valence-electron chi connectivity index (χ1n) is 16.0. The smallest absolute Gasteiger partial charge is 0.194 e. The fourth-order valence-corrected chi connectivity index (χ4v) is 8.31. The molecule has 5 rings (SSSR count). The van der Waals surface area contributed by atoms with Crippen molar-refractivity contribution in [1.82, 2.24) is 0 Å². The highest BCUT2D eigenvalue weighted by Crippen LogP contribution is 2.47. The van der Waals surface area contributed by atoms with Gasteiger partial charge in [0.2, 0.25) is 0 Å². The summed E-state index contributed by atoms with van der Waals surface area (Å²) in [6.45, 7) is 2.23. The lowest BCUT2D eigenvalue weighted by molar-refractivity contribution is 0.175. The zero-order chi connectivity index (χ0) is 28.2. The molecule has 0 nitrogen and oxygen atoms in total. The van der Waals surface area contributed by atoms with Crippen LogP contribution in [0.2, 0.25) is 0 Å². The minimum atomic E-state index is -1.41. The maximum Gasteiger partial charge on any atom is 0.194 e. The predicted octanol–water partition coefficient (Wildman–Crippen LogP) is 11.5. The van der Waals surface area contributed by atoms with Gasteiger partial charge in [0.25, 0.3) is 0 Å². The summed E-state index contributed by atoms with van der Waals surface area (Å²) in [6.07, 6.45) is 16.7. The van der Waals surface area contributed by atoms with Gasteiger partial charge < -0.3 is 0 Å². The Bertz CT molecular complexity index is 1070. The van der Waals surface area contributed by atoms with E-state index in [0.29, 0.717) is 23.0 Å². The van der Waals surface area contributed by atoms with Gasteiger partial charge in [-0.1, -0.05) is 32.6 Å². The molecule has 220 valence electrons. The first-order valence-corrected chi connectivity index (χ1v) is 16.0. The van der Waals surface area contributed by atoms with E-state index in [1.165, 1.54) is 38.5 Å². The fraction of sp³-hybridized carbons (Fsp3) is 0.657. The molecule has 0 heterocycles. The van der Waals surface area contributed by atoms with Crippen molar-refractivity contribution in [3.05, 3.63) is 70.0 Å². The molecule has 0 aromatic heterocycles. The molecule has 0 spiro atoms. The lowest BCUT2D eigenvalue weighted by Gasteiger charge is -2.38. The van der Waals surface area contributed by atoms with Crippen LogP contribution in [0.15, 0.2) is 24.3 Å². The van der Waals surface area contributed by atoms with Crippen LogP contribution in [0, 0.1) is 46.8 Å². The second-order valence-electron chi connectivity index (χ2n) is 13.1. The van der Waals surface area contributed by atoms with Gasteiger partial charge in [0.05, 0.1) is 0 Å². The van der Waals surface area contributed by atoms with Gasteiger partial charge in [-0.15, -0.1) is 0 Å². The molecule has 0 amide bonds. The number of hydrogen-bond acceptors (Lipinski definition) is 0. The van der Waals surface area contributed by atoms with Crippen LogP contribution in [0.5, 0.6) is 0 Å². The molecule has 5 heteroatoms. The van der Waals surface area contributed by atoms with Crippen LogP contribution < -0.4 is 0 Å². The van der Waals surface area contributed by atoms with E-state index in [-0.39, 0.29) is 29.4 Å². The van der Waals surface area contributed by atoms with E-state index >= 15 is 8.78 Å². The molecule has 0 aliphatic heterocycles. The van der Waals surface area contributed by atoms with Crippen molar-refractivity contribution in [3.8, 4) is 0 Å². The molecule has 3 aliphatic rings. The Hall–Kier alpha value is -1.91. The van der Waals surface area contributed by atoms with Crippen LogP contribution in [0.25, 0.3) is 0 Å². The van der Waals surface area contributed by atoms with Crippen LogP contribution in [0.3, 0.4) is 0 Å². The number of unbranched alkanes of at least 4 members (excludes halogenated alkanes) is 2. The number of hydrogen-bond donors (Lipinski definition) is 0. The molecule has 2 aromatic rings. The summed E-state index contributed by atoms with van der Waals surface area (Å²) in [6, 6.07) is 5.55. The van der Waals surface area contributed by atoms with Crippen molar-refractivity contribution in [2.24, 2.45) is 17.8 Å². The quantitative estimate of drug-likeness (QED) is 0.171. The second kappa shape index (κ2) is 13.4. The molecular weight excluding hydrogens is 515 g/mol. The highest BCUT2D eigenvalue weighted by molar-refractivity contribution is 5.32. The Kier molecular flexibility index (Phi) is 9.89. The third-order valence-electron chi connectivity index (χ3n) is 10.7. The van der Waals surface area contributed by atoms with Gasteiger partial charge in [0.1, 0.15) is 11.6 Å². The van der Waals surface area contributed by atoms with Crippen LogP contribution in [0.4, 0.5) is 22.0 Å². The van der Waals surface area contributed by atoms with E-state index in [4.69, 9.17) is 0 Å². The molecule has 3 aliphatic carbocycles. The standard InChI is InChI=1S/C35H45F5/c1-2-3-4-5-22-6-8-25(9-7-22)28-18-30(36)34(31(37)19-28)27-16-14-24(15-17-27)23-10-12-26(13-11-23)29-20-32(38)35(40)33(39)21-29/h18-27H,2-17H2,1H3. The minimum absolute atomic E-state index is 0.0509. The molecule has 3 fully saturated rings. The maximum atomic E-state index is 15.4. The highest BCUT2D eigenvalue weighted by atomic mass is 19.2. The summed E-state index contributed by atoms with van der Waals surface area (Å²) in [7, 11) is 0. The van der Waals surface area contributed by atoms with Crippen molar-refractivity contribution in [1.29, 1.82) is 0 Å². The largest absolute Gasteiger partial charge is 0.207 e. The van der Waals surface area contributed by atoms with Crippen LogP contribution in [0.1, 0.15) is 144 Å². The Labute approximate surface area is 237 Å². The van der Waals surface area contributed by atoms with Gasteiger partial charge in [0.15, 0.2) is 17.5 Å². The van der Waals surface area contributed by atoms with Gasteiger partial charge in [-0.25, -0.2) is 22.0 Å². The first-order chi connectivity index (χ1) is 19.3. The highest BCUT2D eigenvalue weighted by Gasteiger charge is 2.34. The number of rotatable bonds is 8. The van der Waals surface area contributed by atoms with Gasteiger partial charge >= 0.3 is 0 Å². The fourth-order valence-electron chi connectivity index (χ4n) is 8.31. The molecule has 0 unspecified atom stereocenters. The summed E-state index contributed by atoms with van der Waals surface area (Å²) in [5.41, 5.74) is 1.68. The van der Waals surface area contributed by atoms with Crippen molar-refractivity contribution in [2.75, 3.05) is 0 Å². The number of halogens is 5. The summed E-state index contributed by atoms with van der Waals surface area (Å²) in [4.78, 5) is 0. The van der Waals surface area contributed by atoms with Gasteiger partial charge in [-0.05, 0) is 148 Å². The lowest BCUT2D eigenvalue weighted by Crippen LogP contribution is -2.25. The van der Waals surface area contributed by atoms with E-state index in [0.717, 1.165) is 87.8 Å². The Morgan fingerprint density at radius 2 is 0.950 bits per heavy atom. The van der Waals surface area contributed by atoms with Gasteiger partial charge in [-0.2, -0.15) is 0 Å². The second-order valence-corrected chi connectivity index (χ2v) is 13.1. The van der Waals surface area contributed by atoms with Crippen molar-refractivity contribution in [2.45, 2.75) is 127 Å². The molecule has 0 saturated heterocycles. The van der Waals surface area contributed by atoms with Crippen LogP contribution >= 0.6 is 0 Å². The summed E-state index contributed by atoms with van der Waals surface area (Å²) < 4.78 is 71.5. The van der Waals surface area contributed by atoms with Gasteiger partial charge in [0, 0.05) is 5.56 Å². The van der Waals surface area contributed by atoms with E-state index in [1.54, 1.807) is 12.1 Å². The van der Waals surface area contributed by atoms with Crippen molar-refractivity contribution in [3.63, 3.8) is 0 Å². The molecule has 0 bridgehead atoms. The van der Waals surface area contributed by atoms with Crippen LogP contribution in [-0.4, -0.2) is 0 Å². The predicted molar refractivity (Wildman–Crippen MR) is 151 cm³/mol. The Morgan fingerprint density at radius 3 is 1.43 bits per heavy atom. The Balaban J connectivity index is 1.12. The molecule has 0 atom stereocenters.